The summed E-state index contributed by atoms with van der Waals surface area (Å²) in [7, 11) is 3.92. The molecule has 126 valence electrons. The van der Waals surface area contributed by atoms with Crippen molar-refractivity contribution in [2.75, 3.05) is 33.7 Å². The second-order valence-corrected chi connectivity index (χ2v) is 7.51. The number of nitrogens with zero attached hydrogens (tertiary/aromatic N) is 2. The molecule has 1 aliphatic rings. The highest BCUT2D eigenvalue weighted by Crippen LogP contribution is 2.22. The molecule has 0 bridgehead atoms. The SMILES string of the molecule is CN(Cc1ccc(Cl)s1)C(=O)CN(C)C1CCCNCC1.Cl. The number of thiophene rings is 1. The van der Waals surface area contributed by atoms with Gasteiger partial charge in [0.15, 0.2) is 0 Å². The molecule has 4 nitrogen and oxygen atoms in total. The van der Waals surface area contributed by atoms with Crippen LogP contribution in [0.25, 0.3) is 0 Å². The van der Waals surface area contributed by atoms with Gasteiger partial charge in [0.25, 0.3) is 0 Å². The van der Waals surface area contributed by atoms with E-state index in [1.54, 1.807) is 4.90 Å². The van der Waals surface area contributed by atoms with Crippen molar-refractivity contribution in [2.45, 2.75) is 31.8 Å². The minimum atomic E-state index is 0. The third-order valence-corrected chi connectivity index (χ3v) is 5.22. The van der Waals surface area contributed by atoms with Crippen molar-refractivity contribution < 1.29 is 4.79 Å². The lowest BCUT2D eigenvalue weighted by Crippen LogP contribution is -2.41. The van der Waals surface area contributed by atoms with Crippen LogP contribution in [0.2, 0.25) is 4.34 Å². The first-order valence-electron chi connectivity index (χ1n) is 7.45. The number of amides is 1. The minimum Gasteiger partial charge on any atom is -0.340 e. The molecule has 1 aliphatic heterocycles. The van der Waals surface area contributed by atoms with Gasteiger partial charge in [-0.15, -0.1) is 23.7 Å². The highest BCUT2D eigenvalue weighted by atomic mass is 35.5. The lowest BCUT2D eigenvalue weighted by molar-refractivity contribution is -0.131. The van der Waals surface area contributed by atoms with E-state index in [0.717, 1.165) is 28.7 Å². The summed E-state index contributed by atoms with van der Waals surface area (Å²) < 4.78 is 0.772. The van der Waals surface area contributed by atoms with Gasteiger partial charge in [-0.2, -0.15) is 0 Å². The first-order valence-corrected chi connectivity index (χ1v) is 8.65. The molecule has 1 unspecified atom stereocenters. The molecule has 1 fully saturated rings. The smallest absolute Gasteiger partial charge is 0.236 e. The molecule has 1 atom stereocenters. The van der Waals surface area contributed by atoms with E-state index in [4.69, 9.17) is 11.6 Å². The van der Waals surface area contributed by atoms with Crippen LogP contribution in [-0.2, 0) is 11.3 Å². The zero-order valence-corrected chi connectivity index (χ0v) is 15.6. The second-order valence-electron chi connectivity index (χ2n) is 5.71. The van der Waals surface area contributed by atoms with Crippen LogP contribution in [0.15, 0.2) is 12.1 Å². The van der Waals surface area contributed by atoms with Gasteiger partial charge >= 0.3 is 0 Å². The minimum absolute atomic E-state index is 0. The third kappa shape index (κ3) is 6.05. The number of nitrogens with one attached hydrogen (secondary N) is 1. The van der Waals surface area contributed by atoms with Crippen LogP contribution in [0.1, 0.15) is 24.1 Å². The Morgan fingerprint density at radius 1 is 1.36 bits per heavy atom. The Hall–Kier alpha value is -0.330. The summed E-state index contributed by atoms with van der Waals surface area (Å²) >= 11 is 7.46. The molecule has 1 amide bonds. The summed E-state index contributed by atoms with van der Waals surface area (Å²) in [6.45, 7) is 3.26. The highest BCUT2D eigenvalue weighted by Gasteiger charge is 2.20. The van der Waals surface area contributed by atoms with Gasteiger partial charge in [-0.1, -0.05) is 11.6 Å². The van der Waals surface area contributed by atoms with Crippen LogP contribution in [0.4, 0.5) is 0 Å². The molecule has 1 aromatic heterocycles. The Kier molecular flexibility index (Phi) is 8.72. The topological polar surface area (TPSA) is 35.6 Å². The zero-order valence-electron chi connectivity index (χ0n) is 13.2. The van der Waals surface area contributed by atoms with Crippen molar-refractivity contribution in [3.05, 3.63) is 21.3 Å². The second kappa shape index (κ2) is 9.73. The van der Waals surface area contributed by atoms with Crippen LogP contribution >= 0.6 is 35.3 Å². The first-order chi connectivity index (χ1) is 10.1. The van der Waals surface area contributed by atoms with Crippen molar-refractivity contribution in [3.8, 4) is 0 Å². The van der Waals surface area contributed by atoms with E-state index >= 15 is 0 Å². The van der Waals surface area contributed by atoms with E-state index in [1.165, 1.54) is 24.2 Å². The normalized spacial score (nSPS) is 18.6. The van der Waals surface area contributed by atoms with Crippen LogP contribution in [0.5, 0.6) is 0 Å². The Morgan fingerprint density at radius 2 is 2.14 bits per heavy atom. The number of carbonyl (C=O) groups is 1. The van der Waals surface area contributed by atoms with Crippen molar-refractivity contribution >= 4 is 41.3 Å². The van der Waals surface area contributed by atoms with Gasteiger partial charge in [-0.3, -0.25) is 9.69 Å². The maximum atomic E-state index is 12.3. The van der Waals surface area contributed by atoms with Crippen molar-refractivity contribution in [1.82, 2.24) is 15.1 Å². The van der Waals surface area contributed by atoms with Gasteiger partial charge in [0, 0.05) is 18.0 Å². The monoisotopic (exact) mass is 365 g/mol. The molecule has 1 N–H and O–H groups in total. The average Bonchev–Trinajstić information content (AvgIpc) is 2.70. The first kappa shape index (κ1) is 19.7. The van der Waals surface area contributed by atoms with E-state index in [9.17, 15) is 4.79 Å². The maximum absolute atomic E-state index is 12.3. The molecule has 2 heterocycles. The largest absolute Gasteiger partial charge is 0.340 e. The molecule has 0 radical (unpaired) electrons. The van der Waals surface area contributed by atoms with Gasteiger partial charge in [0.1, 0.15) is 0 Å². The van der Waals surface area contributed by atoms with Gasteiger partial charge in [-0.05, 0) is 51.5 Å². The summed E-state index contributed by atoms with van der Waals surface area (Å²) in [5, 5.41) is 3.41. The average molecular weight is 366 g/mol. The van der Waals surface area contributed by atoms with E-state index in [0.29, 0.717) is 19.1 Å². The molecule has 22 heavy (non-hydrogen) atoms. The molecule has 0 aromatic carbocycles. The number of likely N-dealkylation sites (N-methyl/N-ethyl adjacent to an activating group) is 2. The van der Waals surface area contributed by atoms with Crippen LogP contribution in [-0.4, -0.2) is 55.5 Å². The van der Waals surface area contributed by atoms with Crippen LogP contribution in [0, 0.1) is 0 Å². The molecule has 0 spiro atoms. The summed E-state index contributed by atoms with van der Waals surface area (Å²) in [5.74, 6) is 0.166. The van der Waals surface area contributed by atoms with E-state index in [-0.39, 0.29) is 18.3 Å². The summed E-state index contributed by atoms with van der Waals surface area (Å²) in [6.07, 6.45) is 3.47. The summed E-state index contributed by atoms with van der Waals surface area (Å²) in [4.78, 5) is 17.4. The number of hydrogen-bond donors (Lipinski definition) is 1. The summed E-state index contributed by atoms with van der Waals surface area (Å²) in [5.41, 5.74) is 0. The molecule has 1 aromatic rings. The molecule has 0 aliphatic carbocycles. The Bertz CT molecular complexity index is 461. The highest BCUT2D eigenvalue weighted by molar-refractivity contribution is 7.16. The lowest BCUT2D eigenvalue weighted by Gasteiger charge is -2.28. The van der Waals surface area contributed by atoms with E-state index in [2.05, 4.69) is 17.3 Å². The zero-order chi connectivity index (χ0) is 15.2. The summed E-state index contributed by atoms with van der Waals surface area (Å²) in [6, 6.07) is 4.37. The Morgan fingerprint density at radius 3 is 2.82 bits per heavy atom. The molecule has 0 saturated carbocycles. The van der Waals surface area contributed by atoms with Crippen molar-refractivity contribution in [3.63, 3.8) is 0 Å². The lowest BCUT2D eigenvalue weighted by atomic mass is 10.1. The maximum Gasteiger partial charge on any atom is 0.236 e. The molecule has 2 rings (SSSR count). The van der Waals surface area contributed by atoms with E-state index < -0.39 is 0 Å². The Balaban J connectivity index is 0.00000242. The third-order valence-electron chi connectivity index (χ3n) is 4.00. The fourth-order valence-corrected chi connectivity index (χ4v) is 3.80. The molecular formula is C15H25Cl2N3OS. The van der Waals surface area contributed by atoms with E-state index in [1.807, 2.05) is 19.2 Å². The number of rotatable bonds is 5. The number of hydrogen-bond acceptors (Lipinski definition) is 4. The predicted octanol–water partition coefficient (Wildman–Crippen LogP) is 2.86. The fourth-order valence-electron chi connectivity index (χ4n) is 2.66. The fraction of sp³-hybridized carbons (Fsp3) is 0.667. The quantitative estimate of drug-likeness (QED) is 0.871. The van der Waals surface area contributed by atoms with Gasteiger partial charge in [-0.25, -0.2) is 0 Å². The van der Waals surface area contributed by atoms with Gasteiger partial charge in [0.05, 0.1) is 17.4 Å². The van der Waals surface area contributed by atoms with Crippen molar-refractivity contribution in [2.24, 2.45) is 0 Å². The Labute approximate surface area is 148 Å². The van der Waals surface area contributed by atoms with Gasteiger partial charge < -0.3 is 10.2 Å². The number of halogens is 2. The molecular weight excluding hydrogens is 341 g/mol. The molecule has 1 saturated heterocycles. The van der Waals surface area contributed by atoms with Crippen LogP contribution < -0.4 is 5.32 Å². The van der Waals surface area contributed by atoms with Gasteiger partial charge in [0.2, 0.25) is 5.91 Å². The standard InChI is InChI=1S/C15H24ClN3OS.ClH/c1-18(12-4-3-8-17-9-7-12)11-15(20)19(2)10-13-5-6-14(16)21-13;/h5-6,12,17H,3-4,7-11H2,1-2H3;1H. The van der Waals surface area contributed by atoms with Crippen molar-refractivity contribution in [1.29, 1.82) is 0 Å². The van der Waals surface area contributed by atoms with Crippen LogP contribution in [0.3, 0.4) is 0 Å². The molecule has 7 heteroatoms. The number of carbonyl (C=O) groups excluding carboxylic acids is 1. The predicted molar refractivity (Wildman–Crippen MR) is 96.2 cm³/mol.